The summed E-state index contributed by atoms with van der Waals surface area (Å²) >= 11 is 0. The Morgan fingerprint density at radius 1 is 0.282 bits per heavy atom. The number of carbonyl (C=O) groups excluding carboxylic acids is 4. The van der Waals surface area contributed by atoms with Gasteiger partial charge in [-0.05, 0) is 43.4 Å². The van der Waals surface area contributed by atoms with E-state index in [4.69, 9.17) is 37.0 Å². The van der Waals surface area contributed by atoms with Crippen LogP contribution in [-0.2, 0) is 65.4 Å². The summed E-state index contributed by atoms with van der Waals surface area (Å²) in [7, 11) is -9.93. The van der Waals surface area contributed by atoms with E-state index in [1.54, 1.807) is 0 Å². The molecular weight excluding hydrogens is 1340 g/mol. The molecule has 0 heterocycles. The number of phosphoric ester groups is 2. The van der Waals surface area contributed by atoms with Gasteiger partial charge in [-0.25, -0.2) is 9.13 Å². The van der Waals surface area contributed by atoms with Gasteiger partial charge in [0.2, 0.25) is 0 Å². The van der Waals surface area contributed by atoms with Crippen LogP contribution < -0.4 is 0 Å². The van der Waals surface area contributed by atoms with E-state index < -0.39 is 97.5 Å². The van der Waals surface area contributed by atoms with Crippen LogP contribution in [0.4, 0.5) is 0 Å². The van der Waals surface area contributed by atoms with Gasteiger partial charge in [-0.3, -0.25) is 37.3 Å². The summed E-state index contributed by atoms with van der Waals surface area (Å²) in [5.41, 5.74) is 0. The standard InChI is InChI=1S/C84H164O17P2/c1-8-11-12-13-14-15-16-17-18-19-20-21-22-23-24-25-30-33-36-46-53-60-67-83(88)100-79(71-94-81(86)65-58-51-44-35-32-29-27-26-28-31-34-41-48-55-62-75(4)5)73-98-102(90,91)96-69-78(85)70-97-103(92,93)99-74-80(101-84(89)68-61-54-47-40-38-43-50-57-64-77(7)10-3)72-95-82(87)66-59-52-45-39-37-42-49-56-63-76(6)9-2/h75-80,85H,8-74H2,1-7H3,(H,90,91)(H,92,93)/t76?,77?,78-,79-,80-/m1/s1. The van der Waals surface area contributed by atoms with Gasteiger partial charge >= 0.3 is 39.5 Å². The maximum Gasteiger partial charge on any atom is 0.472 e. The maximum atomic E-state index is 13.1. The summed E-state index contributed by atoms with van der Waals surface area (Å²) in [6.07, 6.45) is 63.9. The first kappa shape index (κ1) is 101. The second-order valence-electron chi connectivity index (χ2n) is 31.2. The fourth-order valence-corrected chi connectivity index (χ4v) is 14.5. The zero-order valence-corrected chi connectivity index (χ0v) is 69.6. The molecule has 0 spiro atoms. The van der Waals surface area contributed by atoms with Crippen molar-refractivity contribution >= 4 is 39.5 Å². The molecule has 103 heavy (non-hydrogen) atoms. The Bertz CT molecular complexity index is 2000. The van der Waals surface area contributed by atoms with Gasteiger partial charge in [0, 0.05) is 25.7 Å². The number of phosphoric acid groups is 2. The molecule has 0 bridgehead atoms. The predicted octanol–water partition coefficient (Wildman–Crippen LogP) is 25.3. The molecule has 17 nitrogen and oxygen atoms in total. The number of hydrogen-bond donors (Lipinski definition) is 3. The van der Waals surface area contributed by atoms with Crippen molar-refractivity contribution in [3.05, 3.63) is 0 Å². The van der Waals surface area contributed by atoms with Crippen molar-refractivity contribution in [1.82, 2.24) is 0 Å². The highest BCUT2D eigenvalue weighted by Crippen LogP contribution is 2.45. The Balaban J connectivity index is 5.23. The fraction of sp³-hybridized carbons (Fsp3) is 0.952. The van der Waals surface area contributed by atoms with Crippen LogP contribution >= 0.6 is 15.6 Å². The third-order valence-electron chi connectivity index (χ3n) is 20.4. The highest BCUT2D eigenvalue weighted by Gasteiger charge is 2.30. The summed E-state index contributed by atoms with van der Waals surface area (Å²) in [5.74, 6) is 0.236. The highest BCUT2D eigenvalue weighted by molar-refractivity contribution is 7.47. The molecule has 612 valence electrons. The largest absolute Gasteiger partial charge is 0.472 e. The van der Waals surface area contributed by atoms with Crippen LogP contribution in [0.25, 0.3) is 0 Å². The second-order valence-corrected chi connectivity index (χ2v) is 34.1. The Morgan fingerprint density at radius 3 is 0.738 bits per heavy atom. The lowest BCUT2D eigenvalue weighted by atomic mass is 9.99. The Kier molecular flexibility index (Phi) is 72.8. The van der Waals surface area contributed by atoms with Crippen molar-refractivity contribution in [1.29, 1.82) is 0 Å². The lowest BCUT2D eigenvalue weighted by Crippen LogP contribution is -2.30. The van der Waals surface area contributed by atoms with Crippen LogP contribution in [0.5, 0.6) is 0 Å². The van der Waals surface area contributed by atoms with Gasteiger partial charge in [0.05, 0.1) is 26.4 Å². The molecule has 0 aromatic rings. The average molecular weight is 1510 g/mol. The zero-order valence-electron chi connectivity index (χ0n) is 67.8. The topological polar surface area (TPSA) is 237 Å². The molecular formula is C84H164O17P2. The summed E-state index contributed by atoms with van der Waals surface area (Å²) < 4.78 is 68.8. The molecule has 3 N–H and O–H groups in total. The van der Waals surface area contributed by atoms with Crippen molar-refractivity contribution in [2.75, 3.05) is 39.6 Å². The first-order chi connectivity index (χ1) is 49.8. The Morgan fingerprint density at radius 2 is 0.495 bits per heavy atom. The Labute approximate surface area is 632 Å². The summed E-state index contributed by atoms with van der Waals surface area (Å²) in [5, 5.41) is 10.7. The van der Waals surface area contributed by atoms with Crippen molar-refractivity contribution in [2.24, 2.45) is 17.8 Å². The van der Waals surface area contributed by atoms with Gasteiger partial charge < -0.3 is 33.8 Å². The highest BCUT2D eigenvalue weighted by atomic mass is 31.2. The lowest BCUT2D eigenvalue weighted by molar-refractivity contribution is -0.161. The molecule has 19 heteroatoms. The molecule has 0 saturated heterocycles. The normalized spacial score (nSPS) is 14.4. The minimum Gasteiger partial charge on any atom is -0.462 e. The van der Waals surface area contributed by atoms with E-state index in [1.807, 2.05) is 0 Å². The lowest BCUT2D eigenvalue weighted by Gasteiger charge is -2.21. The number of hydrogen-bond acceptors (Lipinski definition) is 15. The van der Waals surface area contributed by atoms with Crippen molar-refractivity contribution < 1.29 is 80.2 Å². The van der Waals surface area contributed by atoms with Crippen LogP contribution in [0.1, 0.15) is 440 Å². The third-order valence-corrected chi connectivity index (χ3v) is 22.3. The van der Waals surface area contributed by atoms with Gasteiger partial charge in [-0.2, -0.15) is 0 Å². The number of esters is 4. The second kappa shape index (κ2) is 74.2. The minimum atomic E-state index is -4.97. The van der Waals surface area contributed by atoms with Crippen LogP contribution in [0.15, 0.2) is 0 Å². The van der Waals surface area contributed by atoms with Crippen LogP contribution in [-0.4, -0.2) is 96.7 Å². The van der Waals surface area contributed by atoms with Crippen LogP contribution in [0, 0.1) is 17.8 Å². The predicted molar refractivity (Wildman–Crippen MR) is 423 cm³/mol. The van der Waals surface area contributed by atoms with Gasteiger partial charge in [0.1, 0.15) is 19.3 Å². The smallest absolute Gasteiger partial charge is 0.462 e. The summed E-state index contributed by atoms with van der Waals surface area (Å²) in [4.78, 5) is 73.1. The molecule has 0 radical (unpaired) electrons. The van der Waals surface area contributed by atoms with Crippen LogP contribution in [0.3, 0.4) is 0 Å². The van der Waals surface area contributed by atoms with E-state index in [0.717, 1.165) is 108 Å². The van der Waals surface area contributed by atoms with Crippen molar-refractivity contribution in [3.63, 3.8) is 0 Å². The number of aliphatic hydroxyl groups excluding tert-OH is 1. The zero-order chi connectivity index (χ0) is 75.8. The average Bonchev–Trinajstić information content (AvgIpc) is 0.944. The monoisotopic (exact) mass is 1510 g/mol. The molecule has 0 aliphatic carbocycles. The summed E-state index contributed by atoms with van der Waals surface area (Å²) in [6.45, 7) is 12.0. The molecule has 0 fully saturated rings. The maximum absolute atomic E-state index is 13.1. The van der Waals surface area contributed by atoms with Gasteiger partial charge in [0.25, 0.3) is 0 Å². The van der Waals surface area contributed by atoms with E-state index >= 15 is 0 Å². The first-order valence-electron chi connectivity index (χ1n) is 43.4. The third kappa shape index (κ3) is 75.3. The van der Waals surface area contributed by atoms with Crippen LogP contribution in [0.2, 0.25) is 0 Å². The molecule has 0 rings (SSSR count). The van der Waals surface area contributed by atoms with Crippen molar-refractivity contribution in [3.8, 4) is 0 Å². The number of ether oxygens (including phenoxy) is 4. The van der Waals surface area contributed by atoms with E-state index in [1.165, 1.54) is 250 Å². The molecule has 0 aliphatic rings. The SMILES string of the molecule is CCCCCCCCCCCCCCCCCCCCCCCCC(=O)O[C@H](COC(=O)CCCCCCCCCCCCCCCCC(C)C)COP(=O)(O)OC[C@@H](O)COP(=O)(O)OC[C@@H](COC(=O)CCCCCCCCCCC(C)CC)OC(=O)CCCCCCCCCCC(C)CC. The molecule has 0 saturated carbocycles. The molecule has 4 unspecified atom stereocenters. The van der Waals surface area contributed by atoms with Crippen molar-refractivity contribution in [2.45, 2.75) is 458 Å². The molecule has 7 atom stereocenters. The van der Waals surface area contributed by atoms with Gasteiger partial charge in [-0.1, -0.05) is 389 Å². The number of rotatable bonds is 82. The molecule has 0 aromatic carbocycles. The first-order valence-corrected chi connectivity index (χ1v) is 46.4. The summed E-state index contributed by atoms with van der Waals surface area (Å²) in [6, 6.07) is 0. The molecule has 0 amide bonds. The minimum absolute atomic E-state index is 0.105. The fourth-order valence-electron chi connectivity index (χ4n) is 13.0. The molecule has 0 aromatic heterocycles. The van der Waals surface area contributed by atoms with E-state index in [-0.39, 0.29) is 25.7 Å². The van der Waals surface area contributed by atoms with E-state index in [9.17, 15) is 43.2 Å². The van der Waals surface area contributed by atoms with E-state index in [2.05, 4.69) is 48.5 Å². The quantitative estimate of drug-likeness (QED) is 0.0222. The van der Waals surface area contributed by atoms with Gasteiger partial charge in [0.15, 0.2) is 12.2 Å². The van der Waals surface area contributed by atoms with E-state index in [0.29, 0.717) is 25.7 Å². The van der Waals surface area contributed by atoms with Gasteiger partial charge in [-0.15, -0.1) is 0 Å². The number of aliphatic hydroxyl groups is 1. The number of carbonyl (C=O) groups is 4. The molecule has 0 aliphatic heterocycles. The number of unbranched alkanes of at least 4 members (excludes halogenated alkanes) is 48. The Hall–Kier alpha value is -1.94.